The molecule has 0 radical (unpaired) electrons. The van der Waals surface area contributed by atoms with Gasteiger partial charge in [0, 0.05) is 25.2 Å². The van der Waals surface area contributed by atoms with Crippen LogP contribution in [0.3, 0.4) is 0 Å². The van der Waals surface area contributed by atoms with E-state index in [4.69, 9.17) is 18.9 Å². The molecule has 0 amide bonds. The summed E-state index contributed by atoms with van der Waals surface area (Å²) in [7, 11) is 0. The lowest BCUT2D eigenvalue weighted by atomic mass is 9.94. The van der Waals surface area contributed by atoms with Crippen LogP contribution in [0.5, 0.6) is 0 Å². The predicted molar refractivity (Wildman–Crippen MR) is 140 cm³/mol. The summed E-state index contributed by atoms with van der Waals surface area (Å²) in [5, 5.41) is 6.98. The van der Waals surface area contributed by atoms with Crippen LogP contribution < -0.4 is 10.6 Å². The second-order valence-corrected chi connectivity index (χ2v) is 9.53. The first-order valence-corrected chi connectivity index (χ1v) is 13.0. The second kappa shape index (κ2) is 14.2. The largest absolute Gasteiger partial charge is 0.466 e. The van der Waals surface area contributed by atoms with Gasteiger partial charge in [0.1, 0.15) is 12.2 Å². The summed E-state index contributed by atoms with van der Waals surface area (Å²) in [6.07, 6.45) is -0.838. The zero-order chi connectivity index (χ0) is 26.7. The highest BCUT2D eigenvalue weighted by atomic mass is 16.8. The lowest BCUT2D eigenvalue weighted by molar-refractivity contribution is -0.156. The van der Waals surface area contributed by atoms with Gasteiger partial charge in [-0.3, -0.25) is 9.59 Å². The van der Waals surface area contributed by atoms with E-state index in [1.807, 2.05) is 74.5 Å². The van der Waals surface area contributed by atoms with Crippen molar-refractivity contribution in [2.24, 2.45) is 0 Å². The van der Waals surface area contributed by atoms with Crippen LogP contribution in [0.2, 0.25) is 0 Å². The molecule has 0 saturated carbocycles. The molecule has 3 rings (SSSR count). The Morgan fingerprint density at radius 3 is 1.49 bits per heavy atom. The highest BCUT2D eigenvalue weighted by Gasteiger charge is 2.49. The first kappa shape index (κ1) is 28.8. The van der Waals surface area contributed by atoms with Crippen molar-refractivity contribution in [1.82, 2.24) is 10.6 Å². The highest BCUT2D eigenvalue weighted by molar-refractivity contribution is 5.71. The van der Waals surface area contributed by atoms with Gasteiger partial charge < -0.3 is 29.6 Å². The SMILES string of the molecule is CCOC(=O)C[C@H](NCc1ccccc1)[C@@H]1OC(C)(C)O[C@H]1[C@@H](CC(=O)OCC)NCc1ccccc1. The Balaban J connectivity index is 1.85. The first-order valence-electron chi connectivity index (χ1n) is 13.0. The lowest BCUT2D eigenvalue weighted by Crippen LogP contribution is -2.53. The van der Waals surface area contributed by atoms with Crippen molar-refractivity contribution < 1.29 is 28.5 Å². The number of carbonyl (C=O) groups excluding carboxylic acids is 2. The summed E-state index contributed by atoms with van der Waals surface area (Å²) >= 11 is 0. The van der Waals surface area contributed by atoms with Crippen LogP contribution in [-0.2, 0) is 41.6 Å². The number of carbonyl (C=O) groups is 2. The highest BCUT2D eigenvalue weighted by Crippen LogP contribution is 2.34. The van der Waals surface area contributed by atoms with Crippen molar-refractivity contribution >= 4 is 11.9 Å². The minimum absolute atomic E-state index is 0.103. The number of hydrogen-bond acceptors (Lipinski definition) is 8. The molecule has 0 unspecified atom stereocenters. The summed E-state index contributed by atoms with van der Waals surface area (Å²) in [5.74, 6) is -1.54. The Labute approximate surface area is 220 Å². The summed E-state index contributed by atoms with van der Waals surface area (Å²) in [4.78, 5) is 25.2. The van der Waals surface area contributed by atoms with Crippen LogP contribution in [0.4, 0.5) is 0 Å². The fourth-order valence-electron chi connectivity index (χ4n) is 4.54. The number of benzene rings is 2. The van der Waals surface area contributed by atoms with Crippen molar-refractivity contribution in [2.75, 3.05) is 13.2 Å². The van der Waals surface area contributed by atoms with E-state index >= 15 is 0 Å². The monoisotopic (exact) mass is 512 g/mol. The van der Waals surface area contributed by atoms with Gasteiger partial charge in [-0.1, -0.05) is 60.7 Å². The van der Waals surface area contributed by atoms with Crippen LogP contribution >= 0.6 is 0 Å². The van der Waals surface area contributed by atoms with Crippen molar-refractivity contribution in [3.05, 3.63) is 71.8 Å². The van der Waals surface area contributed by atoms with Gasteiger partial charge in [0.25, 0.3) is 0 Å². The molecule has 2 aromatic rings. The minimum Gasteiger partial charge on any atom is -0.466 e. The molecule has 2 aromatic carbocycles. The third-order valence-electron chi connectivity index (χ3n) is 6.16. The molecule has 37 heavy (non-hydrogen) atoms. The molecule has 0 bridgehead atoms. The van der Waals surface area contributed by atoms with Gasteiger partial charge in [-0.05, 0) is 38.8 Å². The molecule has 1 saturated heterocycles. The summed E-state index contributed by atoms with van der Waals surface area (Å²) in [6.45, 7) is 8.93. The van der Waals surface area contributed by atoms with Gasteiger partial charge >= 0.3 is 11.9 Å². The standard InChI is InChI=1S/C29H40N2O6/c1-5-34-25(32)17-23(30-19-21-13-9-7-10-14-21)27-28(37-29(3,4)36-27)24(18-26(33)35-6-2)31-20-22-15-11-8-12-16-22/h7-16,23-24,27-28,30-31H,5-6,17-20H2,1-4H3/t23-,24+,27-,28-/m0/s1. The molecule has 8 nitrogen and oxygen atoms in total. The van der Waals surface area contributed by atoms with Gasteiger partial charge in [0.15, 0.2) is 5.79 Å². The third-order valence-corrected chi connectivity index (χ3v) is 6.16. The normalized spacial score (nSPS) is 20.2. The Morgan fingerprint density at radius 1 is 0.757 bits per heavy atom. The van der Waals surface area contributed by atoms with Gasteiger partial charge in [0.05, 0.1) is 26.1 Å². The molecular formula is C29H40N2O6. The molecule has 1 heterocycles. The van der Waals surface area contributed by atoms with E-state index < -0.39 is 30.1 Å². The molecule has 0 aliphatic carbocycles. The Kier molecular flexibility index (Phi) is 11.1. The average Bonchev–Trinajstić information content (AvgIpc) is 3.21. The Morgan fingerprint density at radius 2 is 1.14 bits per heavy atom. The van der Waals surface area contributed by atoms with E-state index in [9.17, 15) is 9.59 Å². The quantitative estimate of drug-likeness (QED) is 0.370. The van der Waals surface area contributed by atoms with E-state index in [0.29, 0.717) is 26.3 Å². The molecule has 1 aliphatic heterocycles. The molecular weight excluding hydrogens is 472 g/mol. The Bertz CT molecular complexity index is 891. The van der Waals surface area contributed by atoms with E-state index in [-0.39, 0.29) is 24.8 Å². The van der Waals surface area contributed by atoms with E-state index in [2.05, 4.69) is 10.6 Å². The van der Waals surface area contributed by atoms with Gasteiger partial charge in [-0.2, -0.15) is 0 Å². The van der Waals surface area contributed by atoms with Gasteiger partial charge in [-0.15, -0.1) is 0 Å². The molecule has 2 N–H and O–H groups in total. The predicted octanol–water partition coefficient (Wildman–Crippen LogP) is 3.73. The molecule has 4 atom stereocenters. The fraction of sp³-hybridized carbons (Fsp3) is 0.517. The molecule has 8 heteroatoms. The second-order valence-electron chi connectivity index (χ2n) is 9.53. The fourth-order valence-corrected chi connectivity index (χ4v) is 4.54. The lowest BCUT2D eigenvalue weighted by Gasteiger charge is -2.32. The molecule has 1 fully saturated rings. The number of rotatable bonds is 14. The molecule has 1 aliphatic rings. The minimum atomic E-state index is -0.905. The first-order chi connectivity index (χ1) is 17.8. The van der Waals surface area contributed by atoms with Crippen LogP contribution in [0.1, 0.15) is 51.7 Å². The smallest absolute Gasteiger partial charge is 0.307 e. The number of ether oxygens (including phenoxy) is 4. The maximum absolute atomic E-state index is 12.6. The number of hydrogen-bond donors (Lipinski definition) is 2. The van der Waals surface area contributed by atoms with Gasteiger partial charge in [-0.25, -0.2) is 0 Å². The van der Waals surface area contributed by atoms with E-state index in [1.165, 1.54) is 0 Å². The topological polar surface area (TPSA) is 95.1 Å². The van der Waals surface area contributed by atoms with Crippen LogP contribution in [0.15, 0.2) is 60.7 Å². The van der Waals surface area contributed by atoms with Crippen molar-refractivity contribution in [3.8, 4) is 0 Å². The van der Waals surface area contributed by atoms with Crippen LogP contribution in [-0.4, -0.2) is 55.2 Å². The van der Waals surface area contributed by atoms with E-state index in [0.717, 1.165) is 11.1 Å². The zero-order valence-electron chi connectivity index (χ0n) is 22.3. The summed E-state index contributed by atoms with van der Waals surface area (Å²) in [6, 6.07) is 19.1. The molecule has 0 spiro atoms. The maximum atomic E-state index is 12.6. The van der Waals surface area contributed by atoms with Crippen LogP contribution in [0, 0.1) is 0 Å². The maximum Gasteiger partial charge on any atom is 0.307 e. The summed E-state index contributed by atoms with van der Waals surface area (Å²) in [5.41, 5.74) is 2.16. The zero-order valence-corrected chi connectivity index (χ0v) is 22.3. The number of esters is 2. The van der Waals surface area contributed by atoms with Gasteiger partial charge in [0.2, 0.25) is 0 Å². The summed E-state index contributed by atoms with van der Waals surface area (Å²) < 4.78 is 23.3. The average molecular weight is 513 g/mol. The van der Waals surface area contributed by atoms with E-state index in [1.54, 1.807) is 13.8 Å². The van der Waals surface area contributed by atoms with Crippen molar-refractivity contribution in [3.63, 3.8) is 0 Å². The Hall–Kier alpha value is -2.78. The third kappa shape index (κ3) is 9.23. The van der Waals surface area contributed by atoms with Crippen molar-refractivity contribution in [1.29, 1.82) is 0 Å². The molecule has 202 valence electrons. The van der Waals surface area contributed by atoms with Crippen molar-refractivity contribution in [2.45, 2.75) is 83.7 Å². The molecule has 0 aromatic heterocycles. The van der Waals surface area contributed by atoms with Crippen LogP contribution in [0.25, 0.3) is 0 Å². The number of nitrogens with one attached hydrogen (secondary N) is 2.